The molecule has 4 nitrogen and oxygen atoms in total. The van der Waals surface area contributed by atoms with Crippen LogP contribution >= 0.6 is 12.4 Å². The summed E-state index contributed by atoms with van der Waals surface area (Å²) in [4.78, 5) is 14.0. The van der Waals surface area contributed by atoms with E-state index < -0.39 is 0 Å². The normalized spacial score (nSPS) is 20.1. The Balaban J connectivity index is 0.00000289. The second kappa shape index (κ2) is 7.31. The number of amides is 1. The van der Waals surface area contributed by atoms with Crippen molar-refractivity contribution in [2.45, 2.75) is 52.1 Å². The van der Waals surface area contributed by atoms with E-state index in [0.29, 0.717) is 12.5 Å². The summed E-state index contributed by atoms with van der Waals surface area (Å²) in [5, 5.41) is 3.00. The largest absolute Gasteiger partial charge is 0.350 e. The van der Waals surface area contributed by atoms with Crippen molar-refractivity contribution in [2.75, 3.05) is 19.6 Å². The molecule has 0 aromatic rings. The molecule has 18 heavy (non-hydrogen) atoms. The predicted molar refractivity (Wildman–Crippen MR) is 78.0 cm³/mol. The molecule has 5 heteroatoms. The molecule has 0 aromatic heterocycles. The zero-order valence-electron chi connectivity index (χ0n) is 12.0. The molecule has 1 rings (SSSR count). The molecule has 0 aliphatic carbocycles. The molecule has 1 saturated heterocycles. The van der Waals surface area contributed by atoms with Crippen molar-refractivity contribution >= 4 is 18.3 Å². The minimum absolute atomic E-state index is 0. The quantitative estimate of drug-likeness (QED) is 0.819. The molecule has 3 N–H and O–H groups in total. The third-order valence-electron chi connectivity index (χ3n) is 3.26. The van der Waals surface area contributed by atoms with Crippen LogP contribution in [0.3, 0.4) is 0 Å². The minimum Gasteiger partial charge on any atom is -0.350 e. The van der Waals surface area contributed by atoms with E-state index in [2.05, 4.69) is 17.1 Å². The Morgan fingerprint density at radius 2 is 1.89 bits per heavy atom. The molecule has 0 radical (unpaired) electrons. The van der Waals surface area contributed by atoms with Gasteiger partial charge in [0.25, 0.3) is 0 Å². The van der Waals surface area contributed by atoms with Crippen molar-refractivity contribution in [1.29, 1.82) is 0 Å². The predicted octanol–water partition coefficient (Wildman–Crippen LogP) is 1.38. The Kier molecular flexibility index (Phi) is 7.18. The number of nitrogens with one attached hydrogen (secondary N) is 1. The molecule has 0 spiro atoms. The molecule has 1 aliphatic rings. The van der Waals surface area contributed by atoms with Gasteiger partial charge in [0.05, 0.1) is 6.54 Å². The van der Waals surface area contributed by atoms with E-state index in [-0.39, 0.29) is 29.9 Å². The average Bonchev–Trinajstić information content (AvgIpc) is 2.15. The maximum absolute atomic E-state index is 11.8. The van der Waals surface area contributed by atoms with Gasteiger partial charge >= 0.3 is 0 Å². The maximum Gasteiger partial charge on any atom is 0.234 e. The van der Waals surface area contributed by atoms with Crippen molar-refractivity contribution in [3.8, 4) is 0 Å². The first-order valence-corrected chi connectivity index (χ1v) is 6.57. The van der Waals surface area contributed by atoms with Crippen LogP contribution in [0.25, 0.3) is 0 Å². The lowest BCUT2D eigenvalue weighted by Crippen LogP contribution is -2.48. The number of rotatable bonds is 3. The maximum atomic E-state index is 11.8. The number of hydrogen-bond acceptors (Lipinski definition) is 3. The van der Waals surface area contributed by atoms with E-state index in [0.717, 1.165) is 25.9 Å². The van der Waals surface area contributed by atoms with Gasteiger partial charge in [0.1, 0.15) is 0 Å². The lowest BCUT2D eigenvalue weighted by molar-refractivity contribution is -0.124. The molecule has 108 valence electrons. The summed E-state index contributed by atoms with van der Waals surface area (Å²) < 4.78 is 0. The van der Waals surface area contributed by atoms with Gasteiger partial charge < -0.3 is 11.1 Å². The summed E-state index contributed by atoms with van der Waals surface area (Å²) in [7, 11) is 0. The van der Waals surface area contributed by atoms with Crippen LogP contribution in [0.4, 0.5) is 0 Å². The van der Waals surface area contributed by atoms with Gasteiger partial charge in [-0.25, -0.2) is 0 Å². The summed E-state index contributed by atoms with van der Waals surface area (Å²) in [6, 6.07) is 0.278. The average molecular weight is 278 g/mol. The molecule has 0 saturated carbocycles. The van der Waals surface area contributed by atoms with Crippen molar-refractivity contribution < 1.29 is 4.79 Å². The SMILES string of the molecule is CC(N)C1CCN(CC(=O)NC(C)(C)C)CC1.Cl. The van der Waals surface area contributed by atoms with Crippen molar-refractivity contribution in [1.82, 2.24) is 10.2 Å². The number of halogens is 1. The molecule has 1 atom stereocenters. The van der Waals surface area contributed by atoms with E-state index in [1.807, 2.05) is 20.8 Å². The molecule has 1 aliphatic heterocycles. The Morgan fingerprint density at radius 1 is 1.39 bits per heavy atom. The second-order valence-electron chi connectivity index (χ2n) is 6.27. The molecule has 1 amide bonds. The molecular formula is C13H28ClN3O. The number of likely N-dealkylation sites (tertiary alicyclic amines) is 1. The summed E-state index contributed by atoms with van der Waals surface area (Å²) in [6.45, 7) is 10.6. The van der Waals surface area contributed by atoms with Crippen LogP contribution in [-0.2, 0) is 4.79 Å². The van der Waals surface area contributed by atoms with Crippen molar-refractivity contribution in [2.24, 2.45) is 11.7 Å². The van der Waals surface area contributed by atoms with E-state index in [9.17, 15) is 4.79 Å². The van der Waals surface area contributed by atoms with Crippen LogP contribution in [0.15, 0.2) is 0 Å². The topological polar surface area (TPSA) is 58.4 Å². The Labute approximate surface area is 117 Å². The van der Waals surface area contributed by atoms with Gasteiger partial charge in [0, 0.05) is 11.6 Å². The molecule has 1 unspecified atom stereocenters. The van der Waals surface area contributed by atoms with Gasteiger partial charge in [-0.05, 0) is 59.5 Å². The fourth-order valence-electron chi connectivity index (χ4n) is 2.30. The van der Waals surface area contributed by atoms with Crippen molar-refractivity contribution in [3.63, 3.8) is 0 Å². The molecular weight excluding hydrogens is 250 g/mol. The number of carbonyl (C=O) groups is 1. The lowest BCUT2D eigenvalue weighted by atomic mass is 9.91. The van der Waals surface area contributed by atoms with Gasteiger partial charge in [0.15, 0.2) is 0 Å². The summed E-state index contributed by atoms with van der Waals surface area (Å²) in [5.74, 6) is 0.744. The first kappa shape index (κ1) is 17.7. The highest BCUT2D eigenvalue weighted by Gasteiger charge is 2.24. The standard InChI is InChI=1S/C13H27N3O.ClH/c1-10(14)11-5-7-16(8-6-11)9-12(17)15-13(2,3)4;/h10-11H,5-9,14H2,1-4H3,(H,15,17);1H. The Morgan fingerprint density at radius 3 is 2.28 bits per heavy atom. The number of nitrogens with two attached hydrogens (primary N) is 1. The van der Waals surface area contributed by atoms with E-state index in [1.54, 1.807) is 0 Å². The summed E-state index contributed by atoms with van der Waals surface area (Å²) in [6.07, 6.45) is 2.22. The fourth-order valence-corrected chi connectivity index (χ4v) is 2.30. The molecule has 1 fully saturated rings. The first-order chi connectivity index (χ1) is 7.78. The number of carbonyl (C=O) groups excluding carboxylic acids is 1. The molecule has 0 bridgehead atoms. The second-order valence-corrected chi connectivity index (χ2v) is 6.27. The molecule has 0 aromatic carbocycles. The van der Waals surface area contributed by atoms with Gasteiger partial charge in [-0.3, -0.25) is 9.69 Å². The summed E-state index contributed by atoms with van der Waals surface area (Å²) in [5.41, 5.74) is 5.76. The van der Waals surface area contributed by atoms with Crippen LogP contribution in [0.1, 0.15) is 40.5 Å². The zero-order chi connectivity index (χ0) is 13.1. The number of hydrogen-bond donors (Lipinski definition) is 2. The van der Waals surface area contributed by atoms with Crippen LogP contribution in [0.5, 0.6) is 0 Å². The van der Waals surface area contributed by atoms with Crippen LogP contribution in [-0.4, -0.2) is 42.0 Å². The van der Waals surface area contributed by atoms with Gasteiger partial charge in [0.2, 0.25) is 5.91 Å². The summed E-state index contributed by atoms with van der Waals surface area (Å²) >= 11 is 0. The van der Waals surface area contributed by atoms with E-state index in [1.165, 1.54) is 0 Å². The number of piperidine rings is 1. The van der Waals surface area contributed by atoms with Crippen molar-refractivity contribution in [3.05, 3.63) is 0 Å². The Bertz CT molecular complexity index is 255. The monoisotopic (exact) mass is 277 g/mol. The third kappa shape index (κ3) is 6.57. The number of nitrogens with zero attached hydrogens (tertiary/aromatic N) is 1. The zero-order valence-corrected chi connectivity index (χ0v) is 12.8. The lowest BCUT2D eigenvalue weighted by Gasteiger charge is -2.33. The van der Waals surface area contributed by atoms with Gasteiger partial charge in [-0.2, -0.15) is 0 Å². The van der Waals surface area contributed by atoms with Crippen LogP contribution < -0.4 is 11.1 Å². The molecule has 1 heterocycles. The highest BCUT2D eigenvalue weighted by Crippen LogP contribution is 2.19. The van der Waals surface area contributed by atoms with Gasteiger partial charge in [-0.1, -0.05) is 0 Å². The fraction of sp³-hybridized carbons (Fsp3) is 0.923. The highest BCUT2D eigenvalue weighted by molar-refractivity contribution is 5.85. The Hall–Kier alpha value is -0.320. The first-order valence-electron chi connectivity index (χ1n) is 6.57. The van der Waals surface area contributed by atoms with E-state index in [4.69, 9.17) is 5.73 Å². The highest BCUT2D eigenvalue weighted by atomic mass is 35.5. The van der Waals surface area contributed by atoms with Gasteiger partial charge in [-0.15, -0.1) is 12.4 Å². The smallest absolute Gasteiger partial charge is 0.234 e. The van der Waals surface area contributed by atoms with Crippen LogP contribution in [0, 0.1) is 5.92 Å². The van der Waals surface area contributed by atoms with E-state index >= 15 is 0 Å². The van der Waals surface area contributed by atoms with Crippen LogP contribution in [0.2, 0.25) is 0 Å². The minimum atomic E-state index is -0.138. The third-order valence-corrected chi connectivity index (χ3v) is 3.26.